The Morgan fingerprint density at radius 3 is 1.45 bits per heavy atom. The van der Waals surface area contributed by atoms with Crippen LogP contribution >= 0.6 is 0 Å². The molecule has 0 aromatic heterocycles. The molecule has 4 aromatic rings. The lowest BCUT2D eigenvalue weighted by Crippen LogP contribution is -2.55. The zero-order chi connectivity index (χ0) is 39.1. The number of carboxylic acids is 2. The predicted molar refractivity (Wildman–Crippen MR) is 194 cm³/mol. The summed E-state index contributed by atoms with van der Waals surface area (Å²) in [4.78, 5) is 50.1. The third-order valence-corrected chi connectivity index (χ3v) is 11.5. The van der Waals surface area contributed by atoms with E-state index < -0.39 is 46.5 Å². The smallest absolute Gasteiger partial charge is 0.416 e. The fourth-order valence-corrected chi connectivity index (χ4v) is 8.64. The average molecular weight is 757 g/mol. The predicted octanol–water partition coefficient (Wildman–Crippen LogP) is 6.99. The molecule has 2 unspecified atom stereocenters. The second-order valence-electron chi connectivity index (χ2n) is 15.1. The number of rotatable bonds is 6. The maximum atomic E-state index is 13.5. The van der Waals surface area contributed by atoms with Gasteiger partial charge in [0.2, 0.25) is 0 Å². The van der Waals surface area contributed by atoms with Crippen molar-refractivity contribution in [2.24, 2.45) is 0 Å². The lowest BCUT2D eigenvalue weighted by atomic mass is 9.87. The summed E-state index contributed by atoms with van der Waals surface area (Å²) in [6, 6.07) is 18.6. The van der Waals surface area contributed by atoms with E-state index in [2.05, 4.69) is 10.6 Å². The van der Waals surface area contributed by atoms with E-state index in [0.717, 1.165) is 85.8 Å². The van der Waals surface area contributed by atoms with Gasteiger partial charge in [0, 0.05) is 36.8 Å². The molecule has 0 bridgehead atoms. The number of hydrogen-bond donors (Lipinski definition) is 4. The van der Waals surface area contributed by atoms with Gasteiger partial charge in [-0.25, -0.2) is 14.0 Å². The van der Waals surface area contributed by atoms with Gasteiger partial charge in [0.25, 0.3) is 11.8 Å². The number of amides is 2. The fourth-order valence-electron chi connectivity index (χ4n) is 8.64. The van der Waals surface area contributed by atoms with Crippen LogP contribution in [0.3, 0.4) is 0 Å². The molecule has 2 amide bonds. The van der Waals surface area contributed by atoms with Gasteiger partial charge >= 0.3 is 18.1 Å². The Labute approximate surface area is 315 Å². The first kappa shape index (κ1) is 37.8. The Balaban J connectivity index is 0.000000170. The summed E-state index contributed by atoms with van der Waals surface area (Å²) >= 11 is 0. The van der Waals surface area contributed by atoms with Crippen molar-refractivity contribution in [3.05, 3.63) is 140 Å². The monoisotopic (exact) mass is 756 g/mol. The van der Waals surface area contributed by atoms with Gasteiger partial charge in [0.15, 0.2) is 0 Å². The van der Waals surface area contributed by atoms with E-state index in [1.165, 1.54) is 23.8 Å². The minimum atomic E-state index is -4.50. The maximum absolute atomic E-state index is 13.5. The Hall–Kier alpha value is -5.52. The van der Waals surface area contributed by atoms with E-state index >= 15 is 0 Å². The molecule has 0 heterocycles. The van der Waals surface area contributed by atoms with Gasteiger partial charge in [0.05, 0.1) is 5.56 Å². The molecule has 4 aromatic carbocycles. The van der Waals surface area contributed by atoms with Crippen LogP contribution in [0.15, 0.2) is 72.8 Å². The maximum Gasteiger partial charge on any atom is 0.416 e. The quantitative estimate of drug-likeness (QED) is 0.157. The molecular weight excluding hydrogens is 716 g/mol. The van der Waals surface area contributed by atoms with E-state index in [4.69, 9.17) is 0 Å². The van der Waals surface area contributed by atoms with Crippen molar-refractivity contribution >= 4 is 23.8 Å². The van der Waals surface area contributed by atoms with Gasteiger partial charge in [-0.2, -0.15) is 13.2 Å². The zero-order valence-electron chi connectivity index (χ0n) is 30.0. The molecule has 55 heavy (non-hydrogen) atoms. The number of fused-ring (bicyclic) bond motifs is 4. The van der Waals surface area contributed by atoms with Gasteiger partial charge in [-0.05, 0) is 132 Å². The highest BCUT2D eigenvalue weighted by Crippen LogP contribution is 2.37. The van der Waals surface area contributed by atoms with E-state index in [-0.39, 0.29) is 31.6 Å². The molecule has 2 atom stereocenters. The molecule has 8 rings (SSSR count). The number of carboxylic acid groups (broad SMARTS) is 2. The average Bonchev–Trinajstić information content (AvgIpc) is 3.72. The van der Waals surface area contributed by atoms with E-state index in [1.807, 2.05) is 18.2 Å². The van der Waals surface area contributed by atoms with Gasteiger partial charge in [0.1, 0.15) is 16.9 Å². The van der Waals surface area contributed by atoms with Crippen LogP contribution in [0.2, 0.25) is 0 Å². The van der Waals surface area contributed by atoms with Crippen LogP contribution < -0.4 is 10.6 Å². The molecule has 4 N–H and O–H groups in total. The van der Waals surface area contributed by atoms with Crippen molar-refractivity contribution in [1.29, 1.82) is 0 Å². The molecule has 8 nitrogen and oxygen atoms in total. The SMILES string of the molecule is O=C(NC1(C(=O)O)Cc2ccc(C(F)(F)F)cc2C1)c1cccc2c1CCCC2.O=C(NC1(C(=O)O)Cc2ccc(F)cc2C1)c1cccc2c1CCCC2. The number of carbonyl (C=O) groups excluding carboxylic acids is 2. The minimum absolute atomic E-state index is 0.0451. The Kier molecular flexibility index (Phi) is 10.0. The molecule has 0 saturated heterocycles. The van der Waals surface area contributed by atoms with Crippen molar-refractivity contribution in [1.82, 2.24) is 10.6 Å². The van der Waals surface area contributed by atoms with Gasteiger partial charge in [-0.3, -0.25) is 9.59 Å². The largest absolute Gasteiger partial charge is 0.479 e. The van der Waals surface area contributed by atoms with Crippen LogP contribution in [-0.4, -0.2) is 45.0 Å². The van der Waals surface area contributed by atoms with Crippen LogP contribution in [0.1, 0.15) is 96.5 Å². The molecule has 0 aliphatic heterocycles. The normalized spacial score (nSPS) is 20.8. The topological polar surface area (TPSA) is 133 Å². The van der Waals surface area contributed by atoms with Crippen LogP contribution in [0.5, 0.6) is 0 Å². The molecule has 4 aliphatic rings. The fraction of sp³-hybridized carbons (Fsp3) is 0.349. The van der Waals surface area contributed by atoms with Crippen LogP contribution in [-0.2, 0) is 67.1 Å². The van der Waals surface area contributed by atoms with Crippen LogP contribution in [0.25, 0.3) is 0 Å². The van der Waals surface area contributed by atoms with E-state index in [1.54, 1.807) is 24.3 Å². The lowest BCUT2D eigenvalue weighted by Gasteiger charge is -2.27. The van der Waals surface area contributed by atoms with Gasteiger partial charge in [-0.15, -0.1) is 0 Å². The number of aryl methyl sites for hydroxylation is 2. The Morgan fingerprint density at radius 2 is 0.982 bits per heavy atom. The molecule has 0 radical (unpaired) electrons. The van der Waals surface area contributed by atoms with Gasteiger partial charge < -0.3 is 20.8 Å². The van der Waals surface area contributed by atoms with Crippen LogP contribution in [0.4, 0.5) is 17.6 Å². The van der Waals surface area contributed by atoms with Gasteiger partial charge in [-0.1, -0.05) is 36.4 Å². The number of aliphatic carboxylic acids is 2. The summed E-state index contributed by atoms with van der Waals surface area (Å²) in [5.74, 6) is -3.59. The highest BCUT2D eigenvalue weighted by Gasteiger charge is 2.47. The lowest BCUT2D eigenvalue weighted by molar-refractivity contribution is -0.144. The molecule has 4 aliphatic carbocycles. The summed E-state index contributed by atoms with van der Waals surface area (Å²) in [7, 11) is 0. The third-order valence-electron chi connectivity index (χ3n) is 11.5. The van der Waals surface area contributed by atoms with Crippen molar-refractivity contribution in [2.75, 3.05) is 0 Å². The summed E-state index contributed by atoms with van der Waals surface area (Å²) in [6.07, 6.45) is 3.12. The molecule has 12 heteroatoms. The number of hydrogen-bond acceptors (Lipinski definition) is 4. The molecular formula is C43H40F4N2O6. The summed E-state index contributed by atoms with van der Waals surface area (Å²) in [6.45, 7) is 0. The second kappa shape index (κ2) is 14.6. The highest BCUT2D eigenvalue weighted by molar-refractivity contribution is 6.00. The van der Waals surface area contributed by atoms with Crippen molar-refractivity contribution < 1.29 is 47.0 Å². The molecule has 0 spiro atoms. The van der Waals surface area contributed by atoms with E-state index in [0.29, 0.717) is 27.8 Å². The van der Waals surface area contributed by atoms with Crippen molar-refractivity contribution in [3.63, 3.8) is 0 Å². The minimum Gasteiger partial charge on any atom is -0.479 e. The number of alkyl halides is 3. The number of benzene rings is 4. The summed E-state index contributed by atoms with van der Waals surface area (Å²) in [5, 5.41) is 25.1. The van der Waals surface area contributed by atoms with Crippen LogP contribution in [0, 0.1) is 5.82 Å². The number of nitrogens with one attached hydrogen (secondary N) is 2. The first-order chi connectivity index (χ1) is 26.2. The first-order valence-corrected chi connectivity index (χ1v) is 18.5. The summed E-state index contributed by atoms with van der Waals surface area (Å²) in [5.41, 5.74) is 3.57. The van der Waals surface area contributed by atoms with E-state index in [9.17, 15) is 47.0 Å². The standard InChI is InChI=1S/C22H20F3NO3.C21H20FNO3/c23-22(24,25)16-9-8-14-11-21(20(28)29,12-15(14)10-16)26-19(27)18-7-3-5-13-4-1-2-6-17(13)18;22-16-9-8-14-11-21(20(25)26,12-15(14)10-16)23-19(24)18-7-3-5-13-4-1-2-6-17(13)18/h3,5,7-10H,1-2,4,6,11-12H2,(H,26,27)(H,28,29);3,5,7-10H,1-2,4,6,11-12H2,(H,23,24)(H,25,26). The Bertz CT molecular complexity index is 2220. The number of halogens is 4. The first-order valence-electron chi connectivity index (χ1n) is 18.5. The summed E-state index contributed by atoms with van der Waals surface area (Å²) < 4.78 is 52.5. The number of carbonyl (C=O) groups is 4. The highest BCUT2D eigenvalue weighted by atomic mass is 19.4. The third kappa shape index (κ3) is 7.46. The molecule has 0 fully saturated rings. The van der Waals surface area contributed by atoms with Crippen molar-refractivity contribution in [2.45, 2.75) is 94.3 Å². The van der Waals surface area contributed by atoms with Crippen molar-refractivity contribution in [3.8, 4) is 0 Å². The zero-order valence-corrected chi connectivity index (χ0v) is 30.0. The molecule has 0 saturated carbocycles. The second-order valence-corrected chi connectivity index (χ2v) is 15.1. The molecule has 286 valence electrons. The Morgan fingerprint density at radius 1 is 0.545 bits per heavy atom.